The quantitative estimate of drug-likeness (QED) is 0.421. The summed E-state index contributed by atoms with van der Waals surface area (Å²) in [5, 5.41) is 17.1. The zero-order valence-electron chi connectivity index (χ0n) is 14.7. The summed E-state index contributed by atoms with van der Waals surface area (Å²) >= 11 is 9.48. The number of rotatable bonds is 6. The number of nitrogens with one attached hydrogen (secondary N) is 1. The van der Waals surface area contributed by atoms with Crippen LogP contribution in [0.15, 0.2) is 71.2 Å². The van der Waals surface area contributed by atoms with E-state index >= 15 is 0 Å². The summed E-state index contributed by atoms with van der Waals surface area (Å²) < 4.78 is 3.23. The number of aromatic nitrogens is 1. The lowest BCUT2D eigenvalue weighted by atomic mass is 10.2. The SMILES string of the molecule is OC(CNCc1ccc(Cl)cc1)Cn1c2ccccc2c2ccc(Br)cc21. The minimum atomic E-state index is -0.490. The zero-order valence-corrected chi connectivity index (χ0v) is 17.0. The van der Waals surface area contributed by atoms with Gasteiger partial charge in [-0.3, -0.25) is 0 Å². The fourth-order valence-corrected chi connectivity index (χ4v) is 3.95. The van der Waals surface area contributed by atoms with E-state index in [4.69, 9.17) is 11.6 Å². The van der Waals surface area contributed by atoms with E-state index in [2.05, 4.69) is 62.2 Å². The van der Waals surface area contributed by atoms with E-state index in [0.29, 0.717) is 19.6 Å². The minimum absolute atomic E-state index is 0.490. The van der Waals surface area contributed by atoms with Crippen LogP contribution in [0.4, 0.5) is 0 Å². The van der Waals surface area contributed by atoms with Gasteiger partial charge in [-0.05, 0) is 35.9 Å². The number of benzene rings is 3. The van der Waals surface area contributed by atoms with Gasteiger partial charge in [-0.25, -0.2) is 0 Å². The predicted octanol–water partition coefficient (Wildman–Crippen LogP) is 5.36. The average molecular weight is 444 g/mol. The molecule has 27 heavy (non-hydrogen) atoms. The van der Waals surface area contributed by atoms with Gasteiger partial charge >= 0.3 is 0 Å². The summed E-state index contributed by atoms with van der Waals surface area (Å²) in [7, 11) is 0. The molecule has 0 aliphatic rings. The Morgan fingerprint density at radius 3 is 2.52 bits per heavy atom. The smallest absolute Gasteiger partial charge is 0.0843 e. The first kappa shape index (κ1) is 18.5. The third kappa shape index (κ3) is 4.04. The van der Waals surface area contributed by atoms with Crippen LogP contribution in [0.5, 0.6) is 0 Å². The molecule has 4 aromatic rings. The summed E-state index contributed by atoms with van der Waals surface area (Å²) in [5.74, 6) is 0. The van der Waals surface area contributed by atoms with Crippen molar-refractivity contribution < 1.29 is 5.11 Å². The summed E-state index contributed by atoms with van der Waals surface area (Å²) in [4.78, 5) is 0. The van der Waals surface area contributed by atoms with E-state index in [9.17, 15) is 5.11 Å². The molecule has 0 radical (unpaired) electrons. The number of aliphatic hydroxyl groups excluding tert-OH is 1. The van der Waals surface area contributed by atoms with Crippen LogP contribution in [0.1, 0.15) is 5.56 Å². The summed E-state index contributed by atoms with van der Waals surface area (Å²) in [6, 6.07) is 22.4. The molecule has 0 aliphatic carbocycles. The number of hydrogen-bond acceptors (Lipinski definition) is 2. The number of aliphatic hydroxyl groups is 1. The molecule has 1 unspecified atom stereocenters. The molecule has 3 nitrogen and oxygen atoms in total. The normalized spacial score (nSPS) is 12.7. The second-order valence-electron chi connectivity index (χ2n) is 6.70. The van der Waals surface area contributed by atoms with Gasteiger partial charge in [0, 0.05) is 38.9 Å². The molecule has 0 bridgehead atoms. The molecule has 0 fully saturated rings. The first-order chi connectivity index (χ1) is 13.1. The van der Waals surface area contributed by atoms with E-state index in [0.717, 1.165) is 26.1 Å². The van der Waals surface area contributed by atoms with Gasteiger partial charge in [0.15, 0.2) is 0 Å². The molecule has 1 atom stereocenters. The van der Waals surface area contributed by atoms with E-state index < -0.39 is 6.10 Å². The van der Waals surface area contributed by atoms with Gasteiger partial charge in [0.2, 0.25) is 0 Å². The van der Waals surface area contributed by atoms with Crippen LogP contribution in [0, 0.1) is 0 Å². The average Bonchev–Trinajstić information content (AvgIpc) is 2.97. The number of fused-ring (bicyclic) bond motifs is 3. The number of nitrogens with zero attached hydrogens (tertiary/aromatic N) is 1. The Hall–Kier alpha value is -1.85. The number of hydrogen-bond donors (Lipinski definition) is 2. The van der Waals surface area contributed by atoms with E-state index in [-0.39, 0.29) is 0 Å². The van der Waals surface area contributed by atoms with Crippen LogP contribution in [0.25, 0.3) is 21.8 Å². The highest BCUT2D eigenvalue weighted by Crippen LogP contribution is 2.31. The van der Waals surface area contributed by atoms with Crippen molar-refractivity contribution in [3.63, 3.8) is 0 Å². The number of halogens is 2. The van der Waals surface area contributed by atoms with Crippen molar-refractivity contribution in [2.75, 3.05) is 6.54 Å². The molecule has 0 saturated heterocycles. The topological polar surface area (TPSA) is 37.2 Å². The molecule has 2 N–H and O–H groups in total. The largest absolute Gasteiger partial charge is 0.390 e. The molecular formula is C22H20BrClN2O. The van der Waals surface area contributed by atoms with E-state index in [1.165, 1.54) is 10.8 Å². The van der Waals surface area contributed by atoms with Crippen LogP contribution in [0.3, 0.4) is 0 Å². The van der Waals surface area contributed by atoms with Crippen molar-refractivity contribution in [2.24, 2.45) is 0 Å². The van der Waals surface area contributed by atoms with Gasteiger partial charge < -0.3 is 15.0 Å². The predicted molar refractivity (Wildman–Crippen MR) is 116 cm³/mol. The Balaban J connectivity index is 1.51. The fraction of sp³-hybridized carbons (Fsp3) is 0.182. The van der Waals surface area contributed by atoms with Crippen LogP contribution < -0.4 is 5.32 Å². The zero-order chi connectivity index (χ0) is 18.8. The molecule has 0 spiro atoms. The van der Waals surface area contributed by atoms with Crippen LogP contribution in [-0.2, 0) is 13.1 Å². The summed E-state index contributed by atoms with van der Waals surface area (Å²) in [6.45, 7) is 1.76. The molecule has 5 heteroatoms. The molecule has 0 saturated carbocycles. The monoisotopic (exact) mass is 442 g/mol. The van der Waals surface area contributed by atoms with Gasteiger partial charge in [-0.1, -0.05) is 63.9 Å². The maximum Gasteiger partial charge on any atom is 0.0843 e. The molecule has 0 aliphatic heterocycles. The maximum absolute atomic E-state index is 10.6. The molecule has 4 rings (SSSR count). The highest BCUT2D eigenvalue weighted by atomic mass is 79.9. The molecule has 1 aromatic heterocycles. The van der Waals surface area contributed by atoms with E-state index in [1.807, 2.05) is 30.3 Å². The Bertz CT molecular complexity index is 1080. The minimum Gasteiger partial charge on any atom is -0.390 e. The van der Waals surface area contributed by atoms with E-state index in [1.54, 1.807) is 0 Å². The van der Waals surface area contributed by atoms with Crippen molar-refractivity contribution in [3.8, 4) is 0 Å². The Kier molecular flexibility index (Phi) is 5.50. The van der Waals surface area contributed by atoms with Crippen molar-refractivity contribution >= 4 is 49.3 Å². The standard InChI is InChI=1S/C22H20BrClN2O/c23-16-7-10-20-19-3-1-2-4-21(19)26(22(20)11-16)14-18(27)13-25-12-15-5-8-17(24)9-6-15/h1-11,18,25,27H,12-14H2. The molecule has 3 aromatic carbocycles. The van der Waals surface area contributed by atoms with Crippen LogP contribution in [-0.4, -0.2) is 22.3 Å². The van der Waals surface area contributed by atoms with Crippen molar-refractivity contribution in [1.29, 1.82) is 0 Å². The van der Waals surface area contributed by atoms with Crippen molar-refractivity contribution in [2.45, 2.75) is 19.2 Å². The molecule has 1 heterocycles. The second-order valence-corrected chi connectivity index (χ2v) is 8.05. The first-order valence-electron chi connectivity index (χ1n) is 8.91. The highest BCUT2D eigenvalue weighted by Gasteiger charge is 2.13. The van der Waals surface area contributed by atoms with Gasteiger partial charge in [-0.2, -0.15) is 0 Å². The van der Waals surface area contributed by atoms with Crippen molar-refractivity contribution in [3.05, 3.63) is 81.8 Å². The lowest BCUT2D eigenvalue weighted by molar-refractivity contribution is 0.154. The van der Waals surface area contributed by atoms with Gasteiger partial charge in [-0.15, -0.1) is 0 Å². The highest BCUT2D eigenvalue weighted by molar-refractivity contribution is 9.10. The van der Waals surface area contributed by atoms with Crippen LogP contribution >= 0.6 is 27.5 Å². The van der Waals surface area contributed by atoms with Gasteiger partial charge in [0.05, 0.1) is 18.2 Å². The molecule has 138 valence electrons. The fourth-order valence-electron chi connectivity index (χ4n) is 3.48. The summed E-state index contributed by atoms with van der Waals surface area (Å²) in [5.41, 5.74) is 3.41. The lowest BCUT2D eigenvalue weighted by Crippen LogP contribution is -2.29. The Morgan fingerprint density at radius 2 is 1.70 bits per heavy atom. The van der Waals surface area contributed by atoms with Crippen molar-refractivity contribution in [1.82, 2.24) is 9.88 Å². The Labute approximate surface area is 171 Å². The Morgan fingerprint density at radius 1 is 0.963 bits per heavy atom. The van der Waals surface area contributed by atoms with Crippen LogP contribution in [0.2, 0.25) is 5.02 Å². The number of para-hydroxylation sites is 1. The summed E-state index contributed by atoms with van der Waals surface area (Å²) in [6.07, 6.45) is -0.490. The molecule has 0 amide bonds. The third-order valence-corrected chi connectivity index (χ3v) is 5.50. The van der Waals surface area contributed by atoms with Gasteiger partial charge in [0.1, 0.15) is 0 Å². The lowest BCUT2D eigenvalue weighted by Gasteiger charge is -2.15. The van der Waals surface area contributed by atoms with Gasteiger partial charge in [0.25, 0.3) is 0 Å². The molecular weight excluding hydrogens is 424 g/mol. The second kappa shape index (κ2) is 8.03. The first-order valence-corrected chi connectivity index (χ1v) is 10.1. The maximum atomic E-state index is 10.6. The third-order valence-electron chi connectivity index (χ3n) is 4.75.